The van der Waals surface area contributed by atoms with Gasteiger partial charge in [-0.3, -0.25) is 14.4 Å². The molecule has 1 aliphatic heterocycles. The lowest BCUT2D eigenvalue weighted by atomic mass is 10.1. The van der Waals surface area contributed by atoms with Gasteiger partial charge in [0.1, 0.15) is 5.82 Å². The lowest BCUT2D eigenvalue weighted by Crippen LogP contribution is -2.55. The van der Waals surface area contributed by atoms with Crippen LogP contribution < -0.4 is 5.32 Å². The molecule has 158 valence electrons. The molecule has 0 bridgehead atoms. The van der Waals surface area contributed by atoms with E-state index in [1.807, 2.05) is 31.2 Å². The topological polar surface area (TPSA) is 69.7 Å². The van der Waals surface area contributed by atoms with Crippen molar-refractivity contribution < 1.29 is 18.8 Å². The zero-order chi connectivity index (χ0) is 21.7. The first-order valence-electron chi connectivity index (χ1n) is 10.00. The predicted octanol–water partition coefficient (Wildman–Crippen LogP) is 2.26. The highest BCUT2D eigenvalue weighted by atomic mass is 19.1. The Morgan fingerprint density at radius 1 is 1.03 bits per heavy atom. The minimum absolute atomic E-state index is 0.0764. The van der Waals surface area contributed by atoms with Gasteiger partial charge in [0.05, 0.1) is 5.92 Å². The van der Waals surface area contributed by atoms with Gasteiger partial charge in [0.2, 0.25) is 5.91 Å². The van der Waals surface area contributed by atoms with E-state index < -0.39 is 17.7 Å². The van der Waals surface area contributed by atoms with Crippen LogP contribution in [-0.4, -0.2) is 47.2 Å². The molecule has 3 rings (SSSR count). The normalized spacial score (nSPS) is 15.3. The molecule has 0 aliphatic carbocycles. The van der Waals surface area contributed by atoms with Crippen molar-refractivity contribution in [1.29, 1.82) is 0 Å². The second kappa shape index (κ2) is 9.52. The number of piperazine rings is 1. The van der Waals surface area contributed by atoms with Crippen LogP contribution in [0.1, 0.15) is 23.6 Å². The average Bonchev–Trinajstić information content (AvgIpc) is 2.74. The standard InChI is InChI=1S/C23H26FN3O3/c1-16-7-9-18(10-8-16)15-27-12-11-26(22(29)23(27)30)14-17(2)21(28)25-13-19-5-3-4-6-20(19)24/h3-10,17H,11-15H2,1-2H3,(H,25,28)/t17-/m0/s1. The van der Waals surface area contributed by atoms with Crippen molar-refractivity contribution in [3.8, 4) is 0 Å². The van der Waals surface area contributed by atoms with Crippen LogP contribution in [0.15, 0.2) is 48.5 Å². The molecule has 0 aromatic heterocycles. The van der Waals surface area contributed by atoms with Crippen LogP contribution in [0.5, 0.6) is 0 Å². The number of amides is 3. The third-order valence-electron chi connectivity index (χ3n) is 5.24. The third kappa shape index (κ3) is 5.23. The Hall–Kier alpha value is -3.22. The van der Waals surface area contributed by atoms with Crippen molar-refractivity contribution >= 4 is 17.7 Å². The number of nitrogens with zero attached hydrogens (tertiary/aromatic N) is 2. The highest BCUT2D eigenvalue weighted by Crippen LogP contribution is 2.13. The van der Waals surface area contributed by atoms with Crippen molar-refractivity contribution in [3.05, 3.63) is 71.0 Å². The number of carbonyl (C=O) groups excluding carboxylic acids is 3. The van der Waals surface area contributed by atoms with Gasteiger partial charge >= 0.3 is 11.8 Å². The summed E-state index contributed by atoms with van der Waals surface area (Å²) in [6.45, 7) is 5.08. The zero-order valence-corrected chi connectivity index (χ0v) is 17.2. The van der Waals surface area contributed by atoms with Gasteiger partial charge in [0, 0.05) is 38.3 Å². The molecule has 2 aromatic rings. The highest BCUT2D eigenvalue weighted by molar-refractivity contribution is 6.35. The molecule has 2 aromatic carbocycles. The van der Waals surface area contributed by atoms with Crippen LogP contribution in [0.25, 0.3) is 0 Å². The molecular formula is C23H26FN3O3. The van der Waals surface area contributed by atoms with Crippen LogP contribution in [-0.2, 0) is 27.5 Å². The van der Waals surface area contributed by atoms with Crippen LogP contribution in [0.2, 0.25) is 0 Å². The number of rotatable bonds is 7. The summed E-state index contributed by atoms with van der Waals surface area (Å²) in [5, 5.41) is 2.69. The second-order valence-electron chi connectivity index (χ2n) is 7.67. The summed E-state index contributed by atoms with van der Waals surface area (Å²) in [6.07, 6.45) is 0. The molecule has 1 saturated heterocycles. The first kappa shape index (κ1) is 21.5. The molecule has 0 unspecified atom stereocenters. The van der Waals surface area contributed by atoms with Crippen LogP contribution in [0.3, 0.4) is 0 Å². The van der Waals surface area contributed by atoms with Gasteiger partial charge in [-0.1, -0.05) is 55.0 Å². The predicted molar refractivity (Wildman–Crippen MR) is 111 cm³/mol. The number of benzene rings is 2. The van der Waals surface area contributed by atoms with Gasteiger partial charge in [0.15, 0.2) is 0 Å². The Kier molecular flexibility index (Phi) is 6.82. The Balaban J connectivity index is 1.51. The fourth-order valence-electron chi connectivity index (χ4n) is 3.37. The highest BCUT2D eigenvalue weighted by Gasteiger charge is 2.33. The summed E-state index contributed by atoms with van der Waals surface area (Å²) < 4.78 is 13.7. The number of carbonyl (C=O) groups is 3. The van der Waals surface area contributed by atoms with Crippen molar-refractivity contribution in [3.63, 3.8) is 0 Å². The first-order valence-corrected chi connectivity index (χ1v) is 10.00. The van der Waals surface area contributed by atoms with E-state index in [1.54, 1.807) is 25.1 Å². The Labute approximate surface area is 175 Å². The fraction of sp³-hybridized carbons (Fsp3) is 0.348. The molecule has 7 heteroatoms. The summed E-state index contributed by atoms with van der Waals surface area (Å²) in [4.78, 5) is 40.3. The minimum Gasteiger partial charge on any atom is -0.352 e. The summed E-state index contributed by atoms with van der Waals surface area (Å²) in [6, 6.07) is 14.1. The van der Waals surface area contributed by atoms with E-state index in [9.17, 15) is 18.8 Å². The maximum atomic E-state index is 13.7. The van der Waals surface area contributed by atoms with Gasteiger partial charge in [-0.2, -0.15) is 0 Å². The third-order valence-corrected chi connectivity index (χ3v) is 5.24. The quantitative estimate of drug-likeness (QED) is 0.711. The summed E-state index contributed by atoms with van der Waals surface area (Å²) in [7, 11) is 0. The van der Waals surface area contributed by atoms with Gasteiger partial charge in [-0.25, -0.2) is 4.39 Å². The molecule has 1 N–H and O–H groups in total. The smallest absolute Gasteiger partial charge is 0.312 e. The van der Waals surface area contributed by atoms with Crippen molar-refractivity contribution in [2.24, 2.45) is 5.92 Å². The maximum absolute atomic E-state index is 13.7. The number of nitrogens with one attached hydrogen (secondary N) is 1. The van der Waals surface area contributed by atoms with Crippen molar-refractivity contribution in [2.45, 2.75) is 26.9 Å². The molecule has 0 radical (unpaired) electrons. The Morgan fingerprint density at radius 3 is 2.37 bits per heavy atom. The van der Waals surface area contributed by atoms with Crippen LogP contribution >= 0.6 is 0 Å². The van der Waals surface area contributed by atoms with Crippen molar-refractivity contribution in [1.82, 2.24) is 15.1 Å². The van der Waals surface area contributed by atoms with Gasteiger partial charge in [-0.15, -0.1) is 0 Å². The fourth-order valence-corrected chi connectivity index (χ4v) is 3.37. The molecule has 6 nitrogen and oxygen atoms in total. The van der Waals surface area contributed by atoms with E-state index in [0.717, 1.165) is 11.1 Å². The van der Waals surface area contributed by atoms with Gasteiger partial charge < -0.3 is 15.1 Å². The van der Waals surface area contributed by atoms with E-state index in [1.165, 1.54) is 15.9 Å². The van der Waals surface area contributed by atoms with E-state index in [0.29, 0.717) is 25.2 Å². The van der Waals surface area contributed by atoms with Gasteiger partial charge in [0.25, 0.3) is 0 Å². The Bertz CT molecular complexity index is 930. The molecule has 0 saturated carbocycles. The van der Waals surface area contributed by atoms with Crippen LogP contribution in [0.4, 0.5) is 4.39 Å². The minimum atomic E-state index is -0.595. The Morgan fingerprint density at radius 2 is 1.67 bits per heavy atom. The van der Waals surface area contributed by atoms with E-state index in [-0.39, 0.29) is 24.8 Å². The summed E-state index contributed by atoms with van der Waals surface area (Å²) in [5.41, 5.74) is 2.50. The SMILES string of the molecule is Cc1ccc(CN2CCN(C[C@H](C)C(=O)NCc3ccccc3F)C(=O)C2=O)cc1. The zero-order valence-electron chi connectivity index (χ0n) is 17.2. The molecule has 0 spiro atoms. The van der Waals surface area contributed by atoms with Gasteiger partial charge in [-0.05, 0) is 18.6 Å². The largest absolute Gasteiger partial charge is 0.352 e. The molecule has 1 fully saturated rings. The van der Waals surface area contributed by atoms with Crippen molar-refractivity contribution in [2.75, 3.05) is 19.6 Å². The molecule has 1 aliphatic rings. The lowest BCUT2D eigenvalue weighted by molar-refractivity contribution is -0.157. The van der Waals surface area contributed by atoms with E-state index >= 15 is 0 Å². The number of hydrogen-bond acceptors (Lipinski definition) is 3. The average molecular weight is 411 g/mol. The number of hydrogen-bond donors (Lipinski definition) is 1. The molecule has 3 amide bonds. The van der Waals surface area contributed by atoms with E-state index in [2.05, 4.69) is 5.32 Å². The molecule has 1 heterocycles. The number of aryl methyl sites for hydroxylation is 1. The maximum Gasteiger partial charge on any atom is 0.312 e. The number of halogens is 1. The second-order valence-corrected chi connectivity index (χ2v) is 7.67. The summed E-state index contributed by atoms with van der Waals surface area (Å²) >= 11 is 0. The lowest BCUT2D eigenvalue weighted by Gasteiger charge is -2.34. The summed E-state index contributed by atoms with van der Waals surface area (Å²) in [5.74, 6) is -2.34. The first-order chi connectivity index (χ1) is 14.3. The molecule has 30 heavy (non-hydrogen) atoms. The molecular weight excluding hydrogens is 385 g/mol. The van der Waals surface area contributed by atoms with Crippen LogP contribution in [0, 0.1) is 18.7 Å². The molecule has 1 atom stereocenters. The van der Waals surface area contributed by atoms with E-state index in [4.69, 9.17) is 0 Å². The monoisotopic (exact) mass is 411 g/mol.